The fraction of sp³-hybridized carbons (Fsp3) is 0.450. The zero-order valence-corrected chi connectivity index (χ0v) is 16.6. The maximum Gasteiger partial charge on any atom is 0.435 e. The molecule has 0 spiro atoms. The van der Waals surface area contributed by atoms with Gasteiger partial charge in [-0.05, 0) is 51.3 Å². The van der Waals surface area contributed by atoms with Crippen LogP contribution in [0.5, 0.6) is 5.75 Å². The molecular weight excluding hydrogens is 360 g/mol. The van der Waals surface area contributed by atoms with Crippen molar-refractivity contribution >= 4 is 17.8 Å². The Bertz CT molecular complexity index is 894. The number of aromatic nitrogens is 2. The van der Waals surface area contributed by atoms with Crippen molar-refractivity contribution in [2.45, 2.75) is 45.8 Å². The van der Waals surface area contributed by atoms with Gasteiger partial charge in [0.15, 0.2) is 0 Å². The number of ether oxygens (including phenoxy) is 2. The molecule has 8 nitrogen and oxygen atoms in total. The van der Waals surface area contributed by atoms with Crippen LogP contribution in [0.25, 0.3) is 11.3 Å². The van der Waals surface area contributed by atoms with Crippen LogP contribution in [0.4, 0.5) is 10.6 Å². The van der Waals surface area contributed by atoms with Gasteiger partial charge in [-0.2, -0.15) is 4.68 Å². The van der Waals surface area contributed by atoms with Crippen LogP contribution < -0.4 is 15.8 Å². The van der Waals surface area contributed by atoms with Crippen LogP contribution in [0.1, 0.15) is 39.2 Å². The van der Waals surface area contributed by atoms with Gasteiger partial charge in [0, 0.05) is 24.1 Å². The summed E-state index contributed by atoms with van der Waals surface area (Å²) in [6, 6.07) is 7.10. The summed E-state index contributed by atoms with van der Waals surface area (Å²) in [5, 5.41) is 6.99. The van der Waals surface area contributed by atoms with Crippen molar-refractivity contribution in [1.82, 2.24) is 15.1 Å². The second kappa shape index (κ2) is 7.53. The number of nitrogens with one attached hydrogen (secondary N) is 1. The van der Waals surface area contributed by atoms with Gasteiger partial charge in [-0.25, -0.2) is 4.79 Å². The zero-order chi connectivity index (χ0) is 20.5. The third-order valence-corrected chi connectivity index (χ3v) is 4.25. The lowest BCUT2D eigenvalue weighted by Crippen LogP contribution is -2.28. The Morgan fingerprint density at radius 2 is 2.00 bits per heavy atom. The van der Waals surface area contributed by atoms with E-state index in [0.29, 0.717) is 23.6 Å². The Kier molecular flexibility index (Phi) is 5.31. The Morgan fingerprint density at radius 1 is 1.29 bits per heavy atom. The monoisotopic (exact) mass is 386 g/mol. The van der Waals surface area contributed by atoms with Crippen molar-refractivity contribution < 1.29 is 19.1 Å². The molecule has 1 aromatic carbocycles. The summed E-state index contributed by atoms with van der Waals surface area (Å²) in [5.41, 5.74) is 7.17. The van der Waals surface area contributed by atoms with E-state index in [9.17, 15) is 9.59 Å². The fourth-order valence-electron chi connectivity index (χ4n) is 2.77. The van der Waals surface area contributed by atoms with Gasteiger partial charge in [-0.3, -0.25) is 4.79 Å². The molecule has 1 aliphatic carbocycles. The fourth-order valence-corrected chi connectivity index (χ4v) is 2.77. The van der Waals surface area contributed by atoms with E-state index in [1.54, 1.807) is 33.9 Å². The largest absolute Gasteiger partial charge is 0.496 e. The van der Waals surface area contributed by atoms with E-state index >= 15 is 0 Å². The lowest BCUT2D eigenvalue weighted by molar-refractivity contribution is -0.122. The molecule has 1 aromatic heterocycles. The van der Waals surface area contributed by atoms with Gasteiger partial charge in [0.25, 0.3) is 0 Å². The smallest absolute Gasteiger partial charge is 0.435 e. The first-order chi connectivity index (χ1) is 13.2. The van der Waals surface area contributed by atoms with Crippen LogP contribution in [-0.2, 0) is 16.1 Å². The number of carbonyl (C=O) groups is 2. The number of benzene rings is 1. The van der Waals surface area contributed by atoms with Crippen molar-refractivity contribution in [3.05, 3.63) is 29.8 Å². The molecule has 8 heteroatoms. The first-order valence-electron chi connectivity index (χ1n) is 9.22. The Morgan fingerprint density at radius 3 is 2.61 bits per heavy atom. The molecule has 1 aliphatic rings. The first-order valence-corrected chi connectivity index (χ1v) is 9.22. The number of methoxy groups -OCH3 is 1. The molecule has 0 unspecified atom stereocenters. The van der Waals surface area contributed by atoms with Gasteiger partial charge in [-0.1, -0.05) is 6.07 Å². The first kappa shape index (κ1) is 19.7. The van der Waals surface area contributed by atoms with Crippen molar-refractivity contribution in [1.29, 1.82) is 0 Å². The molecule has 1 amide bonds. The van der Waals surface area contributed by atoms with Gasteiger partial charge in [-0.15, -0.1) is 5.10 Å². The standard InChI is InChI=1S/C20H26N4O4/c1-20(2,3)28-19(26)24-15(10-17(21)23-24)14-8-5-12(9-16(14)27-4)11-22-18(25)13-6-7-13/h5,8-10,13H,6-7,11H2,1-4H3,(H2,21,23)(H,22,25). The van der Waals surface area contributed by atoms with Crippen molar-refractivity contribution in [2.75, 3.05) is 12.8 Å². The van der Waals surface area contributed by atoms with Crippen molar-refractivity contribution in [2.24, 2.45) is 5.92 Å². The zero-order valence-electron chi connectivity index (χ0n) is 16.6. The molecule has 28 heavy (non-hydrogen) atoms. The maximum absolute atomic E-state index is 12.5. The summed E-state index contributed by atoms with van der Waals surface area (Å²) in [7, 11) is 1.54. The third kappa shape index (κ3) is 4.62. The normalized spacial score (nSPS) is 13.9. The molecule has 0 atom stereocenters. The number of carbonyl (C=O) groups excluding carboxylic acids is 2. The Balaban J connectivity index is 1.86. The van der Waals surface area contributed by atoms with Gasteiger partial charge in [0.05, 0.1) is 12.8 Å². The van der Waals surface area contributed by atoms with Gasteiger partial charge >= 0.3 is 6.09 Å². The van der Waals surface area contributed by atoms with E-state index in [-0.39, 0.29) is 17.6 Å². The summed E-state index contributed by atoms with van der Waals surface area (Å²) in [5.74, 6) is 0.984. The summed E-state index contributed by atoms with van der Waals surface area (Å²) >= 11 is 0. The minimum absolute atomic E-state index is 0.0822. The molecule has 150 valence electrons. The van der Waals surface area contributed by atoms with Crippen LogP contribution in [0.3, 0.4) is 0 Å². The molecule has 1 fully saturated rings. The minimum atomic E-state index is -0.664. The highest BCUT2D eigenvalue weighted by Gasteiger charge is 2.29. The van der Waals surface area contributed by atoms with Crippen molar-refractivity contribution in [3.8, 4) is 17.0 Å². The second-order valence-corrected chi connectivity index (χ2v) is 7.87. The molecule has 1 heterocycles. The van der Waals surface area contributed by atoms with Crippen molar-refractivity contribution in [3.63, 3.8) is 0 Å². The van der Waals surface area contributed by atoms with E-state index in [0.717, 1.165) is 23.1 Å². The second-order valence-electron chi connectivity index (χ2n) is 7.87. The lowest BCUT2D eigenvalue weighted by Gasteiger charge is -2.20. The summed E-state index contributed by atoms with van der Waals surface area (Å²) in [6.45, 7) is 5.76. The highest BCUT2D eigenvalue weighted by atomic mass is 16.6. The maximum atomic E-state index is 12.5. The molecule has 3 rings (SSSR count). The molecule has 0 saturated heterocycles. The average molecular weight is 386 g/mol. The van der Waals surface area contributed by atoms with Crippen LogP contribution in [0.15, 0.2) is 24.3 Å². The van der Waals surface area contributed by atoms with Gasteiger partial charge in [0.1, 0.15) is 17.2 Å². The van der Waals surface area contributed by atoms with E-state index in [4.69, 9.17) is 15.2 Å². The van der Waals surface area contributed by atoms with E-state index in [1.807, 2.05) is 18.2 Å². The average Bonchev–Trinajstić information content (AvgIpc) is 3.40. The predicted molar refractivity (Wildman–Crippen MR) is 105 cm³/mol. The number of nitrogens with two attached hydrogens (primary N) is 1. The minimum Gasteiger partial charge on any atom is -0.496 e. The molecular formula is C20H26N4O4. The summed E-state index contributed by atoms with van der Waals surface area (Å²) in [6.07, 6.45) is 1.30. The highest BCUT2D eigenvalue weighted by molar-refractivity contribution is 5.82. The SMILES string of the molecule is COc1cc(CNC(=O)C2CC2)ccc1-c1cc(N)nn1C(=O)OC(C)(C)C. The van der Waals surface area contributed by atoms with Crippen LogP contribution >= 0.6 is 0 Å². The number of hydrogen-bond donors (Lipinski definition) is 2. The third-order valence-electron chi connectivity index (χ3n) is 4.25. The molecule has 0 radical (unpaired) electrons. The van der Waals surface area contributed by atoms with E-state index < -0.39 is 11.7 Å². The molecule has 1 saturated carbocycles. The highest BCUT2D eigenvalue weighted by Crippen LogP contribution is 2.33. The summed E-state index contributed by atoms with van der Waals surface area (Å²) < 4.78 is 12.0. The van der Waals surface area contributed by atoms with E-state index in [2.05, 4.69) is 10.4 Å². The number of rotatable bonds is 5. The molecule has 0 bridgehead atoms. The number of amides is 1. The lowest BCUT2D eigenvalue weighted by atomic mass is 10.1. The number of nitrogens with zero attached hydrogens (tertiary/aromatic N) is 2. The quantitative estimate of drug-likeness (QED) is 0.818. The number of hydrogen-bond acceptors (Lipinski definition) is 6. The van der Waals surface area contributed by atoms with Crippen LogP contribution in [0, 0.1) is 5.92 Å². The number of nitrogen functional groups attached to an aromatic ring is 1. The topological polar surface area (TPSA) is 108 Å². The summed E-state index contributed by atoms with van der Waals surface area (Å²) in [4.78, 5) is 24.4. The van der Waals surface area contributed by atoms with Crippen LogP contribution in [0.2, 0.25) is 0 Å². The molecule has 3 N–H and O–H groups in total. The van der Waals surface area contributed by atoms with E-state index in [1.165, 1.54) is 0 Å². The Hall–Kier alpha value is -3.03. The molecule has 2 aromatic rings. The van der Waals surface area contributed by atoms with Gasteiger partial charge in [0.2, 0.25) is 5.91 Å². The predicted octanol–water partition coefficient (Wildman–Crippen LogP) is 2.95. The number of anilines is 1. The molecule has 0 aliphatic heterocycles. The van der Waals surface area contributed by atoms with Crippen LogP contribution in [-0.4, -0.2) is 34.5 Å². The van der Waals surface area contributed by atoms with Gasteiger partial charge < -0.3 is 20.5 Å². The Labute approximate surface area is 164 Å².